The molecule has 0 amide bonds. The largest absolute Gasteiger partial charge is 0.462 e. The lowest BCUT2D eigenvalue weighted by atomic mass is 9.95. The van der Waals surface area contributed by atoms with Crippen molar-refractivity contribution in [3.8, 4) is 0 Å². The number of halogens is 2. The standard InChI is InChI=1S/C19H25Cl2NO3/c1-3-24-18(23)14-12-16(20)15(17(21)13-14)8-6-4-5-7-9-19(2)10-11-25-22-19/h10-13,22H,3-9H2,1-2H3/t19-/m0/s1. The van der Waals surface area contributed by atoms with Gasteiger partial charge in [0.25, 0.3) is 0 Å². The number of ether oxygens (including phenoxy) is 1. The molecule has 0 unspecified atom stereocenters. The lowest BCUT2D eigenvalue weighted by molar-refractivity contribution is 0.0526. The van der Waals surface area contributed by atoms with Gasteiger partial charge < -0.3 is 9.57 Å². The van der Waals surface area contributed by atoms with Gasteiger partial charge in [0.05, 0.1) is 17.7 Å². The predicted octanol–water partition coefficient (Wildman–Crippen LogP) is 5.47. The highest BCUT2D eigenvalue weighted by Gasteiger charge is 2.24. The number of benzene rings is 1. The molecule has 1 N–H and O–H groups in total. The summed E-state index contributed by atoms with van der Waals surface area (Å²) in [4.78, 5) is 16.8. The normalized spacial score (nSPS) is 19.0. The Morgan fingerprint density at radius 1 is 1.20 bits per heavy atom. The summed E-state index contributed by atoms with van der Waals surface area (Å²) in [5, 5.41) is 1.06. The van der Waals surface area contributed by atoms with Gasteiger partial charge in [0.2, 0.25) is 0 Å². The van der Waals surface area contributed by atoms with Gasteiger partial charge in [-0.3, -0.25) is 0 Å². The molecule has 0 aromatic heterocycles. The monoisotopic (exact) mass is 385 g/mol. The van der Waals surface area contributed by atoms with Gasteiger partial charge in [-0.05, 0) is 56.9 Å². The first-order valence-electron chi connectivity index (χ1n) is 8.71. The van der Waals surface area contributed by atoms with Crippen LogP contribution in [0.1, 0.15) is 61.9 Å². The lowest BCUT2D eigenvalue weighted by Crippen LogP contribution is -2.35. The second kappa shape index (κ2) is 9.46. The van der Waals surface area contributed by atoms with Gasteiger partial charge in [-0.15, -0.1) is 5.48 Å². The van der Waals surface area contributed by atoms with E-state index in [4.69, 9.17) is 32.8 Å². The Hall–Kier alpha value is -1.23. The van der Waals surface area contributed by atoms with E-state index in [0.717, 1.165) is 44.1 Å². The van der Waals surface area contributed by atoms with Gasteiger partial charge in [0.1, 0.15) is 6.26 Å². The number of hydrogen-bond acceptors (Lipinski definition) is 4. The fourth-order valence-electron chi connectivity index (χ4n) is 2.84. The summed E-state index contributed by atoms with van der Waals surface area (Å²) in [6, 6.07) is 3.28. The molecule has 1 aromatic carbocycles. The summed E-state index contributed by atoms with van der Waals surface area (Å²) in [6.45, 7) is 4.22. The van der Waals surface area contributed by atoms with E-state index in [1.165, 1.54) is 0 Å². The van der Waals surface area contributed by atoms with E-state index < -0.39 is 5.97 Å². The first kappa shape index (κ1) is 20.1. The number of esters is 1. The molecule has 1 heterocycles. The van der Waals surface area contributed by atoms with Crippen LogP contribution in [0.2, 0.25) is 10.0 Å². The molecule has 1 atom stereocenters. The zero-order chi connectivity index (χ0) is 18.3. The second-order valence-corrected chi connectivity index (χ2v) is 7.31. The van der Waals surface area contributed by atoms with Gasteiger partial charge in [-0.1, -0.05) is 42.5 Å². The number of hydroxylamine groups is 1. The molecule has 0 radical (unpaired) electrons. The summed E-state index contributed by atoms with van der Waals surface area (Å²) < 4.78 is 4.98. The van der Waals surface area contributed by atoms with Crippen molar-refractivity contribution in [3.63, 3.8) is 0 Å². The van der Waals surface area contributed by atoms with Crippen molar-refractivity contribution in [2.75, 3.05) is 6.61 Å². The predicted molar refractivity (Wildman–Crippen MR) is 101 cm³/mol. The topological polar surface area (TPSA) is 47.6 Å². The maximum absolute atomic E-state index is 11.8. The minimum atomic E-state index is -0.398. The number of carbonyl (C=O) groups excluding carboxylic acids is 1. The molecule has 1 aliphatic heterocycles. The molecule has 0 bridgehead atoms. The molecule has 0 aliphatic carbocycles. The molecule has 138 valence electrons. The van der Waals surface area contributed by atoms with Crippen molar-refractivity contribution in [2.45, 2.75) is 57.9 Å². The molecular weight excluding hydrogens is 361 g/mol. The van der Waals surface area contributed by atoms with Gasteiger partial charge in [0, 0.05) is 10.0 Å². The Balaban J connectivity index is 1.77. The molecule has 1 aromatic rings. The van der Waals surface area contributed by atoms with Crippen LogP contribution in [-0.4, -0.2) is 18.1 Å². The van der Waals surface area contributed by atoms with Crippen LogP contribution in [0.5, 0.6) is 0 Å². The van der Waals surface area contributed by atoms with Crippen molar-refractivity contribution in [1.82, 2.24) is 5.48 Å². The number of hydrogen-bond donors (Lipinski definition) is 1. The minimum absolute atomic E-state index is 0.0461. The van der Waals surface area contributed by atoms with E-state index in [-0.39, 0.29) is 5.54 Å². The van der Waals surface area contributed by atoms with Crippen LogP contribution < -0.4 is 5.48 Å². The summed E-state index contributed by atoms with van der Waals surface area (Å²) in [7, 11) is 0. The van der Waals surface area contributed by atoms with Gasteiger partial charge in [-0.2, -0.15) is 0 Å². The van der Waals surface area contributed by atoms with E-state index in [1.807, 2.05) is 0 Å². The molecule has 2 rings (SSSR count). The summed E-state index contributed by atoms with van der Waals surface area (Å²) in [5.41, 5.74) is 4.25. The van der Waals surface area contributed by atoms with E-state index in [1.54, 1.807) is 25.3 Å². The number of unbranched alkanes of at least 4 members (excludes halogenated alkanes) is 3. The molecule has 4 nitrogen and oxygen atoms in total. The van der Waals surface area contributed by atoms with E-state index in [2.05, 4.69) is 18.5 Å². The van der Waals surface area contributed by atoms with Crippen LogP contribution in [0.4, 0.5) is 0 Å². The Kier molecular flexibility index (Phi) is 7.60. The third-order valence-electron chi connectivity index (χ3n) is 4.32. The molecule has 0 saturated heterocycles. The summed E-state index contributed by atoms with van der Waals surface area (Å²) in [5.74, 6) is -0.398. The second-order valence-electron chi connectivity index (χ2n) is 6.49. The third-order valence-corrected chi connectivity index (χ3v) is 5.00. The van der Waals surface area contributed by atoms with Crippen molar-refractivity contribution >= 4 is 29.2 Å². The zero-order valence-corrected chi connectivity index (χ0v) is 16.3. The molecular formula is C19H25Cl2NO3. The molecule has 0 saturated carbocycles. The maximum atomic E-state index is 11.8. The first-order chi connectivity index (χ1) is 11.9. The smallest absolute Gasteiger partial charge is 0.338 e. The van der Waals surface area contributed by atoms with E-state index in [9.17, 15) is 4.79 Å². The Bertz CT molecular complexity index is 610. The zero-order valence-electron chi connectivity index (χ0n) is 14.7. The molecule has 6 heteroatoms. The Morgan fingerprint density at radius 3 is 2.48 bits per heavy atom. The molecule has 1 aliphatic rings. The lowest BCUT2D eigenvalue weighted by Gasteiger charge is -2.20. The fraction of sp³-hybridized carbons (Fsp3) is 0.526. The SMILES string of the molecule is CCOC(=O)c1cc(Cl)c(CCCCCC[C@@]2(C)C=CON2)c(Cl)c1. The Labute approximate surface area is 159 Å². The minimum Gasteiger partial charge on any atom is -0.462 e. The Morgan fingerprint density at radius 2 is 1.88 bits per heavy atom. The highest BCUT2D eigenvalue weighted by Crippen LogP contribution is 2.29. The van der Waals surface area contributed by atoms with Gasteiger partial charge >= 0.3 is 5.97 Å². The molecule has 25 heavy (non-hydrogen) atoms. The van der Waals surface area contributed by atoms with Crippen LogP contribution in [0.25, 0.3) is 0 Å². The van der Waals surface area contributed by atoms with Crippen LogP contribution in [0.15, 0.2) is 24.5 Å². The molecule has 0 fully saturated rings. The van der Waals surface area contributed by atoms with Crippen LogP contribution in [0, 0.1) is 0 Å². The van der Waals surface area contributed by atoms with Crippen molar-refractivity contribution < 1.29 is 14.4 Å². The van der Waals surface area contributed by atoms with E-state index >= 15 is 0 Å². The summed E-state index contributed by atoms with van der Waals surface area (Å²) in [6.07, 6.45) is 9.98. The highest BCUT2D eigenvalue weighted by molar-refractivity contribution is 6.36. The van der Waals surface area contributed by atoms with Crippen LogP contribution in [-0.2, 0) is 16.0 Å². The van der Waals surface area contributed by atoms with Crippen LogP contribution >= 0.6 is 23.2 Å². The van der Waals surface area contributed by atoms with Crippen molar-refractivity contribution in [1.29, 1.82) is 0 Å². The fourth-order valence-corrected chi connectivity index (χ4v) is 3.52. The maximum Gasteiger partial charge on any atom is 0.338 e. The van der Waals surface area contributed by atoms with Gasteiger partial charge in [-0.25, -0.2) is 4.79 Å². The summed E-state index contributed by atoms with van der Waals surface area (Å²) >= 11 is 12.6. The first-order valence-corrected chi connectivity index (χ1v) is 9.46. The van der Waals surface area contributed by atoms with Crippen molar-refractivity contribution in [3.05, 3.63) is 45.6 Å². The van der Waals surface area contributed by atoms with Crippen LogP contribution in [0.3, 0.4) is 0 Å². The van der Waals surface area contributed by atoms with Gasteiger partial charge in [0.15, 0.2) is 0 Å². The highest BCUT2D eigenvalue weighted by atomic mass is 35.5. The van der Waals surface area contributed by atoms with Crippen molar-refractivity contribution in [2.24, 2.45) is 0 Å². The molecule has 0 spiro atoms. The average Bonchev–Trinajstić information content (AvgIpc) is 2.99. The number of carbonyl (C=O) groups is 1. The number of rotatable bonds is 9. The third kappa shape index (κ3) is 5.91. The number of nitrogens with one attached hydrogen (secondary N) is 1. The quantitative estimate of drug-likeness (QED) is 0.452. The van der Waals surface area contributed by atoms with E-state index in [0.29, 0.717) is 22.2 Å². The average molecular weight is 386 g/mol.